The van der Waals surface area contributed by atoms with Crippen LogP contribution in [0.4, 0.5) is 0 Å². The molecule has 0 saturated carbocycles. The molecule has 1 aliphatic heterocycles. The number of hydrogen-bond acceptors (Lipinski definition) is 5. The van der Waals surface area contributed by atoms with Gasteiger partial charge in [-0.2, -0.15) is 5.26 Å². The molecular weight excluding hydrogens is 254 g/mol. The van der Waals surface area contributed by atoms with Gasteiger partial charge in [0, 0.05) is 19.3 Å². The first-order valence-corrected chi connectivity index (χ1v) is 7.04. The summed E-state index contributed by atoms with van der Waals surface area (Å²) in [7, 11) is -3.68. The highest BCUT2D eigenvalue weighted by molar-refractivity contribution is 7.89. The molecule has 6 nitrogen and oxygen atoms in total. The molecule has 1 aliphatic rings. The fourth-order valence-corrected chi connectivity index (χ4v) is 2.96. The maximum absolute atomic E-state index is 12.0. The van der Waals surface area contributed by atoms with E-state index in [9.17, 15) is 8.42 Å². The normalized spacial score (nSPS) is 19.6. The molecule has 0 aliphatic carbocycles. The average Bonchev–Trinajstić information content (AvgIpc) is 2.89. The third kappa shape index (κ3) is 2.85. The number of rotatable bonds is 4. The third-order valence-corrected chi connectivity index (χ3v) is 4.21. The highest BCUT2D eigenvalue weighted by Gasteiger charge is 2.22. The van der Waals surface area contributed by atoms with Crippen LogP contribution in [0.3, 0.4) is 0 Å². The second-order valence-electron chi connectivity index (χ2n) is 4.04. The van der Waals surface area contributed by atoms with Gasteiger partial charge in [0.2, 0.25) is 10.0 Å². The Balaban J connectivity index is 2.12. The number of nitrogens with zero attached hydrogens (tertiary/aromatic N) is 2. The summed E-state index contributed by atoms with van der Waals surface area (Å²) in [5.41, 5.74) is -0.0901. The summed E-state index contributed by atoms with van der Waals surface area (Å²) in [5.74, 6) is 0.196. The lowest BCUT2D eigenvalue weighted by Crippen LogP contribution is -2.30. The third-order valence-electron chi connectivity index (χ3n) is 2.75. The average molecular weight is 267 g/mol. The Morgan fingerprint density at radius 3 is 3.11 bits per heavy atom. The van der Waals surface area contributed by atoms with Gasteiger partial charge in [0.25, 0.3) is 0 Å². The van der Waals surface area contributed by atoms with Gasteiger partial charge in [-0.05, 0) is 24.5 Å². The first-order chi connectivity index (χ1) is 8.63. The smallest absolute Gasteiger partial charge is 0.243 e. The van der Waals surface area contributed by atoms with Gasteiger partial charge in [-0.1, -0.05) is 0 Å². The van der Waals surface area contributed by atoms with Crippen molar-refractivity contribution in [3.63, 3.8) is 0 Å². The minimum atomic E-state index is -3.68. The monoisotopic (exact) mass is 267 g/mol. The quantitative estimate of drug-likeness (QED) is 0.845. The Bertz CT molecular complexity index is 559. The van der Waals surface area contributed by atoms with Gasteiger partial charge in [0.05, 0.1) is 6.61 Å². The fraction of sp³-hybridized carbons (Fsp3) is 0.455. The Morgan fingerprint density at radius 2 is 2.44 bits per heavy atom. The molecule has 1 atom stereocenters. The summed E-state index contributed by atoms with van der Waals surface area (Å²) in [6.45, 7) is 1.56. The van der Waals surface area contributed by atoms with Crippen LogP contribution in [-0.4, -0.2) is 33.2 Å². The summed E-state index contributed by atoms with van der Waals surface area (Å²) in [5, 5.41) is 8.84. The number of sulfonamides is 1. The van der Waals surface area contributed by atoms with Crippen LogP contribution in [0, 0.1) is 17.2 Å². The zero-order chi connectivity index (χ0) is 13.0. The van der Waals surface area contributed by atoms with E-state index in [2.05, 4.69) is 9.71 Å². The molecule has 1 saturated heterocycles. The van der Waals surface area contributed by atoms with Crippen LogP contribution < -0.4 is 4.72 Å². The van der Waals surface area contributed by atoms with Crippen LogP contribution in [0.2, 0.25) is 0 Å². The first-order valence-electron chi connectivity index (χ1n) is 5.56. The van der Waals surface area contributed by atoms with E-state index in [4.69, 9.17) is 10.00 Å². The number of aromatic nitrogens is 1. The molecule has 1 aromatic rings. The highest BCUT2D eigenvalue weighted by atomic mass is 32.2. The first kappa shape index (κ1) is 13.0. The van der Waals surface area contributed by atoms with Crippen molar-refractivity contribution in [3.8, 4) is 6.07 Å². The highest BCUT2D eigenvalue weighted by Crippen LogP contribution is 2.15. The summed E-state index contributed by atoms with van der Waals surface area (Å²) in [4.78, 5) is 3.66. The molecule has 0 spiro atoms. The minimum Gasteiger partial charge on any atom is -0.381 e. The van der Waals surface area contributed by atoms with Crippen molar-refractivity contribution in [2.45, 2.75) is 11.3 Å². The maximum atomic E-state index is 12.0. The van der Waals surface area contributed by atoms with Crippen LogP contribution in [0.15, 0.2) is 23.2 Å². The lowest BCUT2D eigenvalue weighted by molar-refractivity contribution is 0.186. The van der Waals surface area contributed by atoms with Crippen LogP contribution >= 0.6 is 0 Å². The topological polar surface area (TPSA) is 92.1 Å². The molecule has 0 radical (unpaired) electrons. The van der Waals surface area contributed by atoms with Crippen molar-refractivity contribution in [3.05, 3.63) is 24.0 Å². The Hall–Kier alpha value is -1.49. The van der Waals surface area contributed by atoms with Crippen LogP contribution in [-0.2, 0) is 14.8 Å². The molecule has 1 unspecified atom stereocenters. The van der Waals surface area contributed by atoms with E-state index < -0.39 is 10.0 Å². The van der Waals surface area contributed by atoms with Gasteiger partial charge in [-0.15, -0.1) is 0 Å². The number of nitrogens with one attached hydrogen (secondary N) is 1. The summed E-state index contributed by atoms with van der Waals surface area (Å²) in [6, 6.07) is 4.64. The van der Waals surface area contributed by atoms with Gasteiger partial charge < -0.3 is 4.74 Å². The molecule has 7 heteroatoms. The Kier molecular flexibility index (Phi) is 3.91. The van der Waals surface area contributed by atoms with E-state index in [-0.39, 0.29) is 16.5 Å². The van der Waals surface area contributed by atoms with Crippen molar-refractivity contribution in [2.75, 3.05) is 19.8 Å². The van der Waals surface area contributed by atoms with Gasteiger partial charge in [0.15, 0.2) is 5.69 Å². The fourth-order valence-electron chi connectivity index (χ4n) is 1.74. The molecule has 18 heavy (non-hydrogen) atoms. The second kappa shape index (κ2) is 5.44. The number of nitriles is 1. The van der Waals surface area contributed by atoms with E-state index in [1.165, 1.54) is 18.3 Å². The van der Waals surface area contributed by atoms with E-state index in [0.29, 0.717) is 19.8 Å². The standard InChI is InChI=1S/C11H13N3O3S/c12-6-10-11(2-1-4-13-10)18(15,16)14-7-9-3-5-17-8-9/h1-2,4,9,14H,3,5,7-8H2. The van der Waals surface area contributed by atoms with Crippen molar-refractivity contribution in [2.24, 2.45) is 5.92 Å². The van der Waals surface area contributed by atoms with Gasteiger partial charge >= 0.3 is 0 Å². The zero-order valence-corrected chi connectivity index (χ0v) is 10.5. The lowest BCUT2D eigenvalue weighted by Gasteiger charge is -2.10. The van der Waals surface area contributed by atoms with E-state index in [1.54, 1.807) is 6.07 Å². The van der Waals surface area contributed by atoms with E-state index in [0.717, 1.165) is 6.42 Å². The van der Waals surface area contributed by atoms with Crippen LogP contribution in [0.25, 0.3) is 0 Å². The number of ether oxygens (including phenoxy) is 1. The van der Waals surface area contributed by atoms with Crippen molar-refractivity contribution >= 4 is 10.0 Å². The Morgan fingerprint density at radius 1 is 1.61 bits per heavy atom. The molecule has 0 bridgehead atoms. The molecule has 2 rings (SSSR count). The zero-order valence-electron chi connectivity index (χ0n) is 9.67. The van der Waals surface area contributed by atoms with Crippen molar-refractivity contribution < 1.29 is 13.2 Å². The molecule has 0 amide bonds. The van der Waals surface area contributed by atoms with Gasteiger partial charge in [-0.25, -0.2) is 18.1 Å². The van der Waals surface area contributed by atoms with Gasteiger partial charge in [0.1, 0.15) is 11.0 Å². The second-order valence-corrected chi connectivity index (χ2v) is 5.78. The largest absolute Gasteiger partial charge is 0.381 e. The molecule has 1 fully saturated rings. The minimum absolute atomic E-state index is 0.0774. The SMILES string of the molecule is N#Cc1ncccc1S(=O)(=O)NCC1CCOC1. The van der Waals surface area contributed by atoms with E-state index in [1.807, 2.05) is 0 Å². The number of hydrogen-bond donors (Lipinski definition) is 1. The lowest BCUT2D eigenvalue weighted by atomic mass is 10.1. The molecule has 96 valence electrons. The molecule has 0 aromatic carbocycles. The Labute approximate surface area is 106 Å². The summed E-state index contributed by atoms with van der Waals surface area (Å²) >= 11 is 0. The van der Waals surface area contributed by atoms with Gasteiger partial charge in [-0.3, -0.25) is 0 Å². The molecule has 2 heterocycles. The maximum Gasteiger partial charge on any atom is 0.243 e. The molecule has 1 N–H and O–H groups in total. The summed E-state index contributed by atoms with van der Waals surface area (Å²) < 4.78 is 31.7. The predicted octanol–water partition coefficient (Wildman–Crippen LogP) is 0.268. The van der Waals surface area contributed by atoms with Crippen molar-refractivity contribution in [1.29, 1.82) is 5.26 Å². The van der Waals surface area contributed by atoms with E-state index >= 15 is 0 Å². The van der Waals surface area contributed by atoms with Crippen LogP contribution in [0.1, 0.15) is 12.1 Å². The number of pyridine rings is 1. The predicted molar refractivity (Wildman–Crippen MR) is 63.1 cm³/mol. The summed E-state index contributed by atoms with van der Waals surface area (Å²) in [6.07, 6.45) is 2.24. The van der Waals surface area contributed by atoms with Crippen molar-refractivity contribution in [1.82, 2.24) is 9.71 Å². The van der Waals surface area contributed by atoms with Crippen LogP contribution in [0.5, 0.6) is 0 Å². The molecule has 1 aromatic heterocycles. The molecular formula is C11H13N3O3S.